The van der Waals surface area contributed by atoms with E-state index < -0.39 is 0 Å². The molecular weight excluding hydrogens is 256 g/mol. The summed E-state index contributed by atoms with van der Waals surface area (Å²) in [6.07, 6.45) is 0.972. The molecule has 5 nitrogen and oxygen atoms in total. The van der Waals surface area contributed by atoms with Crippen LogP contribution >= 0.6 is 0 Å². The summed E-state index contributed by atoms with van der Waals surface area (Å²) in [6, 6.07) is 5.35. The maximum atomic E-state index is 11.8. The second-order valence-electron chi connectivity index (χ2n) is 4.76. The number of ether oxygens (including phenoxy) is 1. The lowest BCUT2D eigenvalue weighted by Gasteiger charge is -2.13. The zero-order valence-electron chi connectivity index (χ0n) is 12.4. The Morgan fingerprint density at radius 3 is 2.60 bits per heavy atom. The highest BCUT2D eigenvalue weighted by atomic mass is 16.5. The summed E-state index contributed by atoms with van der Waals surface area (Å²) in [5.74, 6) is -0.483. The van der Waals surface area contributed by atoms with Crippen LogP contribution in [0.25, 0.3) is 0 Å². The van der Waals surface area contributed by atoms with Crippen LogP contribution in [0.15, 0.2) is 18.2 Å². The predicted octanol–water partition coefficient (Wildman–Crippen LogP) is 2.11. The molecule has 1 rings (SSSR count). The predicted molar refractivity (Wildman–Crippen MR) is 78.9 cm³/mol. The van der Waals surface area contributed by atoms with Gasteiger partial charge in [-0.2, -0.15) is 0 Å². The van der Waals surface area contributed by atoms with Gasteiger partial charge in [0.2, 0.25) is 5.91 Å². The third-order valence-corrected chi connectivity index (χ3v) is 3.15. The van der Waals surface area contributed by atoms with Gasteiger partial charge in [-0.3, -0.25) is 4.79 Å². The van der Waals surface area contributed by atoms with Crippen molar-refractivity contribution in [3.8, 4) is 0 Å². The van der Waals surface area contributed by atoms with Crippen molar-refractivity contribution in [1.82, 2.24) is 5.32 Å². The van der Waals surface area contributed by atoms with Crippen LogP contribution in [0, 0.1) is 6.92 Å². The average Bonchev–Trinajstić information content (AvgIpc) is 2.45. The van der Waals surface area contributed by atoms with Crippen LogP contribution in [-0.4, -0.2) is 31.6 Å². The number of hydrogen-bond donors (Lipinski definition) is 2. The van der Waals surface area contributed by atoms with Crippen molar-refractivity contribution in [3.63, 3.8) is 0 Å². The number of hydrogen-bond acceptors (Lipinski definition) is 4. The standard InChI is InChI=1S/C15H22N2O3/c1-5-11(3)16-9-14(18)17-13-7-6-12(8-10(13)2)15(19)20-4/h6-8,11,16H,5,9H2,1-4H3,(H,17,18). The average molecular weight is 278 g/mol. The number of esters is 1. The van der Waals surface area contributed by atoms with Crippen molar-refractivity contribution in [3.05, 3.63) is 29.3 Å². The van der Waals surface area contributed by atoms with E-state index in [2.05, 4.69) is 22.3 Å². The quantitative estimate of drug-likeness (QED) is 0.782. The highest BCUT2D eigenvalue weighted by Crippen LogP contribution is 2.17. The largest absolute Gasteiger partial charge is 0.465 e. The molecule has 0 aliphatic rings. The lowest BCUT2D eigenvalue weighted by atomic mass is 10.1. The van der Waals surface area contributed by atoms with Gasteiger partial charge in [0.05, 0.1) is 19.2 Å². The molecule has 0 bridgehead atoms. The van der Waals surface area contributed by atoms with Crippen LogP contribution in [0.2, 0.25) is 0 Å². The summed E-state index contributed by atoms with van der Waals surface area (Å²) in [5, 5.41) is 5.94. The molecule has 0 aliphatic heterocycles. The maximum Gasteiger partial charge on any atom is 0.337 e. The first-order valence-electron chi connectivity index (χ1n) is 6.70. The Morgan fingerprint density at radius 1 is 1.35 bits per heavy atom. The second-order valence-corrected chi connectivity index (χ2v) is 4.76. The molecule has 1 aromatic carbocycles. The van der Waals surface area contributed by atoms with Crippen LogP contribution < -0.4 is 10.6 Å². The molecule has 1 aromatic rings. The fourth-order valence-corrected chi connectivity index (χ4v) is 1.65. The molecule has 0 heterocycles. The van der Waals surface area contributed by atoms with Gasteiger partial charge in [0.15, 0.2) is 0 Å². The first kappa shape index (κ1) is 16.2. The minimum Gasteiger partial charge on any atom is -0.465 e. The van der Waals surface area contributed by atoms with Crippen molar-refractivity contribution < 1.29 is 14.3 Å². The van der Waals surface area contributed by atoms with Crippen LogP contribution in [0.3, 0.4) is 0 Å². The number of benzene rings is 1. The van der Waals surface area contributed by atoms with E-state index in [-0.39, 0.29) is 18.4 Å². The lowest BCUT2D eigenvalue weighted by molar-refractivity contribution is -0.115. The van der Waals surface area contributed by atoms with Crippen LogP contribution in [0.1, 0.15) is 36.2 Å². The van der Waals surface area contributed by atoms with Crippen LogP contribution in [0.5, 0.6) is 0 Å². The van der Waals surface area contributed by atoms with Crippen molar-refractivity contribution in [1.29, 1.82) is 0 Å². The minimum atomic E-state index is -0.385. The molecule has 1 atom stereocenters. The molecule has 110 valence electrons. The van der Waals surface area contributed by atoms with Gasteiger partial charge in [0.25, 0.3) is 0 Å². The van der Waals surface area contributed by atoms with Crippen LogP contribution in [0.4, 0.5) is 5.69 Å². The number of nitrogens with one attached hydrogen (secondary N) is 2. The number of carbonyl (C=O) groups is 2. The molecule has 20 heavy (non-hydrogen) atoms. The van der Waals surface area contributed by atoms with Gasteiger partial charge in [0, 0.05) is 11.7 Å². The summed E-state index contributed by atoms with van der Waals surface area (Å²) < 4.78 is 4.65. The molecule has 0 aliphatic carbocycles. The third-order valence-electron chi connectivity index (χ3n) is 3.15. The Hall–Kier alpha value is -1.88. The minimum absolute atomic E-state index is 0.0979. The number of rotatable bonds is 6. The van der Waals surface area contributed by atoms with Crippen molar-refractivity contribution >= 4 is 17.6 Å². The fourth-order valence-electron chi connectivity index (χ4n) is 1.65. The Kier molecular flexibility index (Phi) is 6.18. The molecule has 0 radical (unpaired) electrons. The Labute approximate surface area is 119 Å². The molecule has 1 unspecified atom stereocenters. The van der Waals surface area contributed by atoms with Gasteiger partial charge in [0.1, 0.15) is 0 Å². The van der Waals surface area contributed by atoms with E-state index in [0.29, 0.717) is 17.3 Å². The van der Waals surface area contributed by atoms with Gasteiger partial charge in [-0.1, -0.05) is 6.92 Å². The summed E-state index contributed by atoms with van der Waals surface area (Å²) in [6.45, 7) is 6.20. The van der Waals surface area contributed by atoms with E-state index in [1.54, 1.807) is 18.2 Å². The Balaban J connectivity index is 2.64. The number of amides is 1. The lowest BCUT2D eigenvalue weighted by Crippen LogP contribution is -2.34. The van der Waals surface area contributed by atoms with E-state index >= 15 is 0 Å². The van der Waals surface area contributed by atoms with Gasteiger partial charge < -0.3 is 15.4 Å². The topological polar surface area (TPSA) is 67.4 Å². The van der Waals surface area contributed by atoms with E-state index in [9.17, 15) is 9.59 Å². The zero-order chi connectivity index (χ0) is 15.1. The molecule has 0 aromatic heterocycles. The number of anilines is 1. The van der Waals surface area contributed by atoms with Gasteiger partial charge in [-0.05, 0) is 44.0 Å². The summed E-state index contributed by atoms with van der Waals surface area (Å²) >= 11 is 0. The van der Waals surface area contributed by atoms with Gasteiger partial charge in [-0.15, -0.1) is 0 Å². The van der Waals surface area contributed by atoms with E-state index in [4.69, 9.17) is 0 Å². The zero-order valence-corrected chi connectivity index (χ0v) is 12.4. The number of aryl methyl sites for hydroxylation is 1. The fraction of sp³-hybridized carbons (Fsp3) is 0.467. The maximum absolute atomic E-state index is 11.8. The first-order valence-corrected chi connectivity index (χ1v) is 6.70. The van der Waals surface area contributed by atoms with Gasteiger partial charge >= 0.3 is 5.97 Å². The summed E-state index contributed by atoms with van der Waals surface area (Å²) in [5.41, 5.74) is 2.00. The van der Waals surface area contributed by atoms with Gasteiger partial charge in [-0.25, -0.2) is 4.79 Å². The van der Waals surface area contributed by atoms with Crippen molar-refractivity contribution in [2.75, 3.05) is 19.0 Å². The normalized spacial score (nSPS) is 11.8. The molecule has 2 N–H and O–H groups in total. The number of methoxy groups -OCH3 is 1. The molecule has 1 amide bonds. The first-order chi connectivity index (χ1) is 9.47. The molecule has 0 spiro atoms. The van der Waals surface area contributed by atoms with E-state index in [0.717, 1.165) is 12.0 Å². The second kappa shape index (κ2) is 7.65. The third kappa shape index (κ3) is 4.66. The number of carbonyl (C=O) groups excluding carboxylic acids is 2. The highest BCUT2D eigenvalue weighted by Gasteiger charge is 2.10. The summed E-state index contributed by atoms with van der Waals surface area (Å²) in [7, 11) is 1.34. The highest BCUT2D eigenvalue weighted by molar-refractivity contribution is 5.94. The SMILES string of the molecule is CCC(C)NCC(=O)Nc1ccc(C(=O)OC)cc1C. The molecule has 0 saturated carbocycles. The Morgan fingerprint density at radius 2 is 2.05 bits per heavy atom. The van der Waals surface area contributed by atoms with Crippen molar-refractivity contribution in [2.24, 2.45) is 0 Å². The van der Waals surface area contributed by atoms with Crippen molar-refractivity contribution in [2.45, 2.75) is 33.2 Å². The summed E-state index contributed by atoms with van der Waals surface area (Å²) in [4.78, 5) is 23.2. The molecular formula is C15H22N2O3. The smallest absolute Gasteiger partial charge is 0.337 e. The molecule has 5 heteroatoms. The molecule has 0 fully saturated rings. The monoisotopic (exact) mass is 278 g/mol. The van der Waals surface area contributed by atoms with Crippen LogP contribution in [-0.2, 0) is 9.53 Å². The van der Waals surface area contributed by atoms with E-state index in [1.807, 2.05) is 13.8 Å². The van der Waals surface area contributed by atoms with E-state index in [1.165, 1.54) is 7.11 Å². The Bertz CT molecular complexity index is 486. The molecule has 0 saturated heterocycles.